The molecule has 3 heterocycles. The average molecular weight is 291 g/mol. The number of anilines is 1. The van der Waals surface area contributed by atoms with Crippen LogP contribution in [0.4, 0.5) is 5.82 Å². The van der Waals surface area contributed by atoms with Crippen molar-refractivity contribution in [2.24, 2.45) is 0 Å². The van der Waals surface area contributed by atoms with Crippen LogP contribution in [0.5, 0.6) is 0 Å². The second-order valence-corrected chi connectivity index (χ2v) is 5.66. The summed E-state index contributed by atoms with van der Waals surface area (Å²) < 4.78 is 1.98. The van der Waals surface area contributed by atoms with Crippen LogP contribution in [0.3, 0.4) is 0 Å². The van der Waals surface area contributed by atoms with Gasteiger partial charge in [-0.2, -0.15) is 4.98 Å². The van der Waals surface area contributed by atoms with Gasteiger partial charge in [0, 0.05) is 6.04 Å². The number of hydrogen-bond donors (Lipinski definition) is 0. The van der Waals surface area contributed by atoms with E-state index in [-0.39, 0.29) is 6.04 Å². The molecule has 1 aliphatic heterocycles. The molecule has 0 bridgehead atoms. The standard InChI is InChI=1S/C13H15ClN6/c1-2-9-12-18-16-7-19(12)10-6-15-13(14)17-11(10)20(9)8-4-3-5-8/h6-9H,2-5H2,1H3/t9-/m1/s1. The lowest BCUT2D eigenvalue weighted by Gasteiger charge is -2.45. The van der Waals surface area contributed by atoms with Gasteiger partial charge in [-0.05, 0) is 37.3 Å². The molecule has 1 saturated carbocycles. The summed E-state index contributed by atoms with van der Waals surface area (Å²) in [6.07, 6.45) is 8.13. The van der Waals surface area contributed by atoms with Crippen LogP contribution in [0.15, 0.2) is 12.5 Å². The van der Waals surface area contributed by atoms with E-state index in [1.54, 1.807) is 12.5 Å². The highest BCUT2D eigenvalue weighted by molar-refractivity contribution is 6.28. The molecule has 0 radical (unpaired) electrons. The number of hydrogen-bond acceptors (Lipinski definition) is 5. The van der Waals surface area contributed by atoms with Crippen molar-refractivity contribution in [3.63, 3.8) is 0 Å². The second kappa shape index (κ2) is 4.41. The average Bonchev–Trinajstić information content (AvgIpc) is 2.86. The largest absolute Gasteiger partial charge is 0.341 e. The van der Waals surface area contributed by atoms with Crippen molar-refractivity contribution in [1.29, 1.82) is 0 Å². The lowest BCUT2D eigenvalue weighted by Crippen LogP contribution is -2.46. The Morgan fingerprint density at radius 1 is 1.40 bits per heavy atom. The molecule has 1 aliphatic carbocycles. The van der Waals surface area contributed by atoms with Crippen molar-refractivity contribution in [1.82, 2.24) is 24.7 Å². The molecule has 4 rings (SSSR count). The van der Waals surface area contributed by atoms with Crippen molar-refractivity contribution in [2.75, 3.05) is 4.90 Å². The first-order chi connectivity index (χ1) is 9.79. The minimum absolute atomic E-state index is 0.210. The molecular weight excluding hydrogens is 276 g/mol. The summed E-state index contributed by atoms with van der Waals surface area (Å²) in [5.74, 6) is 1.88. The van der Waals surface area contributed by atoms with E-state index >= 15 is 0 Å². The van der Waals surface area contributed by atoms with E-state index in [1.165, 1.54) is 19.3 Å². The molecule has 7 heteroatoms. The normalized spacial score (nSPS) is 21.3. The van der Waals surface area contributed by atoms with Crippen LogP contribution in [0, 0.1) is 0 Å². The molecule has 0 amide bonds. The minimum Gasteiger partial charge on any atom is -0.341 e. The zero-order chi connectivity index (χ0) is 13.7. The van der Waals surface area contributed by atoms with E-state index in [0.29, 0.717) is 11.3 Å². The predicted molar refractivity (Wildman–Crippen MR) is 75.1 cm³/mol. The molecule has 0 unspecified atom stereocenters. The van der Waals surface area contributed by atoms with Gasteiger partial charge in [0.1, 0.15) is 12.0 Å². The summed E-state index contributed by atoms with van der Waals surface area (Å²) in [6.45, 7) is 2.17. The van der Waals surface area contributed by atoms with Crippen molar-refractivity contribution in [3.05, 3.63) is 23.6 Å². The van der Waals surface area contributed by atoms with Gasteiger partial charge in [-0.3, -0.25) is 4.57 Å². The molecule has 0 aromatic carbocycles. The molecule has 104 valence electrons. The van der Waals surface area contributed by atoms with Gasteiger partial charge in [0.25, 0.3) is 0 Å². The monoisotopic (exact) mass is 290 g/mol. The summed E-state index contributed by atoms with van der Waals surface area (Å²) in [6, 6.07) is 0.733. The van der Waals surface area contributed by atoms with E-state index in [0.717, 1.165) is 23.8 Å². The van der Waals surface area contributed by atoms with Crippen molar-refractivity contribution < 1.29 is 0 Å². The molecule has 0 spiro atoms. The molecule has 1 fully saturated rings. The summed E-state index contributed by atoms with van der Waals surface area (Å²) in [7, 11) is 0. The van der Waals surface area contributed by atoms with Gasteiger partial charge in [-0.15, -0.1) is 10.2 Å². The summed E-state index contributed by atoms with van der Waals surface area (Å²) in [5, 5.41) is 8.65. The number of fused-ring (bicyclic) bond motifs is 3. The van der Waals surface area contributed by atoms with Gasteiger partial charge in [-0.1, -0.05) is 6.92 Å². The van der Waals surface area contributed by atoms with E-state index in [1.807, 2.05) is 4.57 Å². The third-order valence-corrected chi connectivity index (χ3v) is 4.47. The minimum atomic E-state index is 0.210. The van der Waals surface area contributed by atoms with E-state index in [9.17, 15) is 0 Å². The van der Waals surface area contributed by atoms with Crippen molar-refractivity contribution >= 4 is 17.4 Å². The maximum atomic E-state index is 6.01. The first-order valence-electron chi connectivity index (χ1n) is 7.00. The van der Waals surface area contributed by atoms with Crippen LogP contribution in [-0.2, 0) is 0 Å². The first kappa shape index (κ1) is 12.1. The van der Waals surface area contributed by atoms with Gasteiger partial charge in [-0.25, -0.2) is 4.98 Å². The fourth-order valence-electron chi connectivity index (χ4n) is 3.11. The van der Waals surface area contributed by atoms with Crippen LogP contribution in [0.1, 0.15) is 44.5 Å². The molecule has 20 heavy (non-hydrogen) atoms. The third kappa shape index (κ3) is 1.57. The molecule has 0 saturated heterocycles. The summed E-state index contributed by atoms with van der Waals surface area (Å²) in [5.41, 5.74) is 0.922. The molecule has 1 atom stereocenters. The maximum Gasteiger partial charge on any atom is 0.224 e. The molecule has 2 aromatic rings. The quantitative estimate of drug-likeness (QED) is 0.796. The van der Waals surface area contributed by atoms with Gasteiger partial charge in [0.05, 0.1) is 12.2 Å². The Labute approximate surface area is 121 Å². The molecule has 2 aliphatic rings. The Bertz CT molecular complexity index is 650. The molecular formula is C13H15ClN6. The first-order valence-corrected chi connectivity index (χ1v) is 7.38. The molecule has 2 aromatic heterocycles. The van der Waals surface area contributed by atoms with Crippen LogP contribution < -0.4 is 4.90 Å². The zero-order valence-electron chi connectivity index (χ0n) is 11.2. The smallest absolute Gasteiger partial charge is 0.224 e. The number of aromatic nitrogens is 5. The fourth-order valence-corrected chi connectivity index (χ4v) is 3.23. The van der Waals surface area contributed by atoms with Gasteiger partial charge < -0.3 is 4.90 Å². The lowest BCUT2D eigenvalue weighted by molar-refractivity contribution is 0.342. The van der Waals surface area contributed by atoms with Crippen LogP contribution >= 0.6 is 11.6 Å². The fraction of sp³-hybridized carbons (Fsp3) is 0.538. The van der Waals surface area contributed by atoms with E-state index < -0.39 is 0 Å². The van der Waals surface area contributed by atoms with Gasteiger partial charge >= 0.3 is 0 Å². The number of rotatable bonds is 2. The number of nitrogens with zero attached hydrogens (tertiary/aromatic N) is 6. The summed E-state index contributed by atoms with van der Waals surface area (Å²) >= 11 is 6.01. The Kier molecular flexibility index (Phi) is 2.66. The van der Waals surface area contributed by atoms with Crippen LogP contribution in [0.25, 0.3) is 5.69 Å². The third-order valence-electron chi connectivity index (χ3n) is 4.29. The van der Waals surface area contributed by atoms with Crippen LogP contribution in [-0.4, -0.2) is 30.8 Å². The highest BCUT2D eigenvalue weighted by Crippen LogP contribution is 2.43. The highest BCUT2D eigenvalue weighted by atomic mass is 35.5. The van der Waals surface area contributed by atoms with Crippen LogP contribution in [0.2, 0.25) is 5.28 Å². The van der Waals surface area contributed by atoms with Gasteiger partial charge in [0.15, 0.2) is 11.6 Å². The topological polar surface area (TPSA) is 59.7 Å². The molecule has 6 nitrogen and oxygen atoms in total. The van der Waals surface area contributed by atoms with E-state index in [2.05, 4.69) is 32.0 Å². The Morgan fingerprint density at radius 3 is 2.95 bits per heavy atom. The second-order valence-electron chi connectivity index (χ2n) is 5.32. The lowest BCUT2D eigenvalue weighted by atomic mass is 9.89. The Morgan fingerprint density at radius 2 is 2.25 bits per heavy atom. The van der Waals surface area contributed by atoms with Crippen molar-refractivity contribution in [2.45, 2.75) is 44.7 Å². The summed E-state index contributed by atoms with van der Waals surface area (Å²) in [4.78, 5) is 11.0. The molecule has 0 N–H and O–H groups in total. The van der Waals surface area contributed by atoms with Gasteiger partial charge in [0.2, 0.25) is 5.28 Å². The maximum absolute atomic E-state index is 6.01. The van der Waals surface area contributed by atoms with E-state index in [4.69, 9.17) is 11.6 Å². The Hall–Kier alpha value is -1.69. The highest BCUT2D eigenvalue weighted by Gasteiger charge is 2.39. The Balaban J connectivity index is 1.93. The number of halogens is 1. The zero-order valence-corrected chi connectivity index (χ0v) is 12.0. The van der Waals surface area contributed by atoms with Crippen molar-refractivity contribution in [3.8, 4) is 5.69 Å². The predicted octanol–water partition coefficient (Wildman–Crippen LogP) is 2.53. The SMILES string of the molecule is CC[C@@H]1c2nncn2-c2cnc(Cl)nc2N1C1CCC1.